The van der Waals surface area contributed by atoms with Crippen LogP contribution in [0.25, 0.3) is 0 Å². The molecule has 8 heteroatoms. The maximum Gasteiger partial charge on any atom is 0.408 e. The van der Waals surface area contributed by atoms with Gasteiger partial charge in [-0.05, 0) is 58.9 Å². The van der Waals surface area contributed by atoms with Gasteiger partial charge in [-0.1, -0.05) is 49.1 Å². The topological polar surface area (TPSA) is 87.7 Å². The maximum atomic E-state index is 13.8. The molecule has 0 saturated heterocycles. The van der Waals surface area contributed by atoms with Crippen LogP contribution in [0, 0.1) is 6.92 Å². The molecule has 1 aromatic rings. The molecular formula is C26H39N3O4S. The maximum absolute atomic E-state index is 13.8. The molecule has 2 N–H and O–H groups in total. The number of carbonyl (C=O) groups is 3. The lowest BCUT2D eigenvalue weighted by Gasteiger charge is -2.35. The van der Waals surface area contributed by atoms with Gasteiger partial charge in [0, 0.05) is 17.8 Å². The van der Waals surface area contributed by atoms with Crippen molar-refractivity contribution in [1.29, 1.82) is 0 Å². The van der Waals surface area contributed by atoms with Crippen LogP contribution in [-0.2, 0) is 14.3 Å². The molecule has 0 aliphatic heterocycles. The predicted molar refractivity (Wildman–Crippen MR) is 136 cm³/mol. The minimum Gasteiger partial charge on any atom is -0.444 e. The average molecular weight is 490 g/mol. The Morgan fingerprint density at radius 2 is 1.79 bits per heavy atom. The summed E-state index contributed by atoms with van der Waals surface area (Å²) in [6.45, 7) is 7.28. The van der Waals surface area contributed by atoms with Gasteiger partial charge in [-0.25, -0.2) is 4.79 Å². The highest BCUT2D eigenvalue weighted by Crippen LogP contribution is 2.36. The van der Waals surface area contributed by atoms with Crippen molar-refractivity contribution in [2.45, 2.75) is 102 Å². The molecule has 0 aromatic heterocycles. The quantitative estimate of drug-likeness (QED) is 0.475. The van der Waals surface area contributed by atoms with Crippen molar-refractivity contribution in [3.05, 3.63) is 35.4 Å². The Bertz CT molecular complexity index is 875. The molecule has 2 aliphatic carbocycles. The summed E-state index contributed by atoms with van der Waals surface area (Å²) in [5.74, 6) is -0.367. The van der Waals surface area contributed by atoms with Crippen LogP contribution in [0.3, 0.4) is 0 Å². The summed E-state index contributed by atoms with van der Waals surface area (Å²) < 4.78 is 5.35. The van der Waals surface area contributed by atoms with Crippen LogP contribution >= 0.6 is 12.6 Å². The third kappa shape index (κ3) is 7.39. The van der Waals surface area contributed by atoms with Gasteiger partial charge in [0.1, 0.15) is 17.7 Å². The molecule has 2 saturated carbocycles. The van der Waals surface area contributed by atoms with E-state index in [0.29, 0.717) is 0 Å². The Morgan fingerprint density at radius 1 is 1.12 bits per heavy atom. The number of aryl methyl sites for hydroxylation is 1. The third-order valence-corrected chi connectivity index (χ3v) is 6.57. The average Bonchev–Trinajstić information content (AvgIpc) is 3.59. The second kappa shape index (κ2) is 11.5. The van der Waals surface area contributed by atoms with E-state index in [1.807, 2.05) is 31.2 Å². The fraction of sp³-hybridized carbons (Fsp3) is 0.654. The molecule has 0 spiro atoms. The summed E-state index contributed by atoms with van der Waals surface area (Å²) in [5.41, 5.74) is 1.12. The van der Waals surface area contributed by atoms with E-state index in [-0.39, 0.29) is 29.7 Å². The number of hydrogen-bond donors (Lipinski definition) is 3. The summed E-state index contributed by atoms with van der Waals surface area (Å²) in [4.78, 5) is 41.5. The second-order valence-electron chi connectivity index (χ2n) is 10.5. The van der Waals surface area contributed by atoms with Crippen molar-refractivity contribution >= 4 is 30.5 Å². The van der Waals surface area contributed by atoms with Crippen molar-refractivity contribution < 1.29 is 19.1 Å². The van der Waals surface area contributed by atoms with Gasteiger partial charge < -0.3 is 20.3 Å². The number of rotatable bonds is 8. The van der Waals surface area contributed by atoms with Gasteiger partial charge >= 0.3 is 6.09 Å². The van der Waals surface area contributed by atoms with E-state index in [0.717, 1.165) is 49.7 Å². The number of nitrogens with zero attached hydrogens (tertiary/aromatic N) is 1. The first-order chi connectivity index (χ1) is 16.1. The van der Waals surface area contributed by atoms with Gasteiger partial charge in [-0.15, -0.1) is 0 Å². The lowest BCUT2D eigenvalue weighted by atomic mass is 9.94. The minimum atomic E-state index is -0.895. The van der Waals surface area contributed by atoms with Crippen LogP contribution in [0.1, 0.15) is 82.9 Å². The smallest absolute Gasteiger partial charge is 0.408 e. The second-order valence-corrected chi connectivity index (χ2v) is 10.9. The van der Waals surface area contributed by atoms with E-state index in [2.05, 4.69) is 23.3 Å². The van der Waals surface area contributed by atoms with Crippen LogP contribution in [0.4, 0.5) is 4.79 Å². The number of hydrogen-bond acceptors (Lipinski definition) is 5. The number of nitrogens with one attached hydrogen (secondary N) is 2. The SMILES string of the molecule is Cc1cccc(C(C(=O)NC2CCCCC2)N(C(=O)C(CS)NC(=O)OC(C)(C)C)C2CC2)c1. The summed E-state index contributed by atoms with van der Waals surface area (Å²) in [6.07, 6.45) is 6.31. The lowest BCUT2D eigenvalue weighted by molar-refractivity contribution is -0.143. The molecule has 188 valence electrons. The van der Waals surface area contributed by atoms with E-state index in [9.17, 15) is 14.4 Å². The highest BCUT2D eigenvalue weighted by Gasteiger charge is 2.44. The molecule has 2 fully saturated rings. The number of amides is 3. The number of thiol groups is 1. The molecule has 0 heterocycles. The minimum absolute atomic E-state index is 0.0436. The molecule has 2 unspecified atom stereocenters. The molecule has 0 radical (unpaired) electrons. The predicted octanol–water partition coefficient (Wildman–Crippen LogP) is 4.30. The van der Waals surface area contributed by atoms with Crippen molar-refractivity contribution in [2.75, 3.05) is 5.75 Å². The summed E-state index contributed by atoms with van der Waals surface area (Å²) in [7, 11) is 0. The fourth-order valence-electron chi connectivity index (χ4n) is 4.49. The lowest BCUT2D eigenvalue weighted by Crippen LogP contribution is -2.55. The number of ether oxygens (including phenoxy) is 1. The van der Waals surface area contributed by atoms with Gasteiger partial charge in [0.05, 0.1) is 0 Å². The van der Waals surface area contributed by atoms with Crippen molar-refractivity contribution in [1.82, 2.24) is 15.5 Å². The molecule has 1 aromatic carbocycles. The highest BCUT2D eigenvalue weighted by molar-refractivity contribution is 7.80. The number of carbonyl (C=O) groups excluding carboxylic acids is 3. The van der Waals surface area contributed by atoms with E-state index < -0.39 is 23.8 Å². The highest BCUT2D eigenvalue weighted by atomic mass is 32.1. The van der Waals surface area contributed by atoms with Gasteiger partial charge in [0.25, 0.3) is 0 Å². The first-order valence-electron chi connectivity index (χ1n) is 12.4. The van der Waals surface area contributed by atoms with Gasteiger partial charge in [-0.2, -0.15) is 12.6 Å². The Balaban J connectivity index is 1.88. The van der Waals surface area contributed by atoms with Gasteiger partial charge in [-0.3, -0.25) is 9.59 Å². The fourth-order valence-corrected chi connectivity index (χ4v) is 4.74. The summed E-state index contributed by atoms with van der Waals surface area (Å²) >= 11 is 4.34. The van der Waals surface area contributed by atoms with E-state index in [1.54, 1.807) is 25.7 Å². The number of alkyl carbamates (subject to hydrolysis) is 1. The van der Waals surface area contributed by atoms with E-state index in [1.165, 1.54) is 6.42 Å². The number of benzene rings is 1. The molecule has 7 nitrogen and oxygen atoms in total. The zero-order valence-electron chi connectivity index (χ0n) is 20.8. The first-order valence-corrected chi connectivity index (χ1v) is 13.0. The molecule has 34 heavy (non-hydrogen) atoms. The Hall–Kier alpha value is -2.22. The normalized spacial score (nSPS) is 18.5. The van der Waals surface area contributed by atoms with Crippen LogP contribution < -0.4 is 10.6 Å². The third-order valence-electron chi connectivity index (χ3n) is 6.20. The van der Waals surface area contributed by atoms with Crippen molar-refractivity contribution in [2.24, 2.45) is 0 Å². The standard InChI is InChI=1S/C26H39N3O4S/c1-17-9-8-10-18(15-17)22(23(30)27-19-11-6-5-7-12-19)29(20-13-14-20)24(31)21(16-34)28-25(32)33-26(2,3)4/h8-10,15,19-22,34H,5-7,11-14,16H2,1-4H3,(H,27,30)(H,28,32). The monoisotopic (exact) mass is 489 g/mol. The molecular weight excluding hydrogens is 450 g/mol. The summed E-state index contributed by atoms with van der Waals surface area (Å²) in [6, 6.07) is 6.18. The Morgan fingerprint density at radius 3 is 2.35 bits per heavy atom. The van der Waals surface area contributed by atoms with E-state index >= 15 is 0 Å². The molecule has 0 bridgehead atoms. The van der Waals surface area contributed by atoms with Crippen LogP contribution in [0.5, 0.6) is 0 Å². The van der Waals surface area contributed by atoms with Crippen LogP contribution in [-0.4, -0.2) is 52.3 Å². The molecule has 2 atom stereocenters. The van der Waals surface area contributed by atoms with Gasteiger partial charge in [0.2, 0.25) is 11.8 Å². The molecule has 3 rings (SSSR count). The summed E-state index contributed by atoms with van der Waals surface area (Å²) in [5, 5.41) is 5.88. The van der Waals surface area contributed by atoms with Crippen molar-refractivity contribution in [3.8, 4) is 0 Å². The Labute approximate surface area is 208 Å². The molecule has 2 aliphatic rings. The van der Waals surface area contributed by atoms with Crippen molar-refractivity contribution in [3.63, 3.8) is 0 Å². The van der Waals surface area contributed by atoms with Crippen LogP contribution in [0.2, 0.25) is 0 Å². The zero-order valence-corrected chi connectivity index (χ0v) is 21.7. The molecule has 3 amide bonds. The van der Waals surface area contributed by atoms with Gasteiger partial charge in [0.15, 0.2) is 0 Å². The Kier molecular flexibility index (Phi) is 8.90. The van der Waals surface area contributed by atoms with E-state index in [4.69, 9.17) is 4.74 Å². The zero-order chi connectivity index (χ0) is 24.9. The largest absolute Gasteiger partial charge is 0.444 e. The first kappa shape index (κ1) is 26.4. The van der Waals surface area contributed by atoms with Crippen LogP contribution in [0.15, 0.2) is 24.3 Å².